The van der Waals surface area contributed by atoms with E-state index in [1.807, 2.05) is 26.0 Å². The van der Waals surface area contributed by atoms with Gasteiger partial charge in [-0.05, 0) is 31.5 Å². The average molecular weight is 296 g/mol. The van der Waals surface area contributed by atoms with E-state index in [1.54, 1.807) is 18.3 Å². The molecule has 0 saturated carbocycles. The molecule has 1 aromatic carbocycles. The van der Waals surface area contributed by atoms with Crippen molar-refractivity contribution in [2.75, 3.05) is 0 Å². The number of amides is 1. The van der Waals surface area contributed by atoms with E-state index in [4.69, 9.17) is 10.2 Å². The van der Waals surface area contributed by atoms with Crippen molar-refractivity contribution in [1.82, 2.24) is 10.3 Å². The van der Waals surface area contributed by atoms with E-state index in [0.717, 1.165) is 11.3 Å². The molecule has 1 aromatic heterocycles. The SMILES string of the molecule is Cc1cnc(C(C)NC(=O)c2ccc(CN)cc2)o1.Cl. The third-order valence-corrected chi connectivity index (χ3v) is 2.81. The number of nitrogens with one attached hydrogen (secondary N) is 1. The quantitative estimate of drug-likeness (QED) is 0.907. The summed E-state index contributed by atoms with van der Waals surface area (Å²) in [4.78, 5) is 16.1. The van der Waals surface area contributed by atoms with Crippen LogP contribution in [0.15, 0.2) is 34.9 Å². The van der Waals surface area contributed by atoms with Crippen LogP contribution in [-0.2, 0) is 6.54 Å². The van der Waals surface area contributed by atoms with Crippen LogP contribution in [0.5, 0.6) is 0 Å². The molecule has 0 saturated heterocycles. The van der Waals surface area contributed by atoms with Crippen LogP contribution >= 0.6 is 12.4 Å². The summed E-state index contributed by atoms with van der Waals surface area (Å²) in [6, 6.07) is 6.93. The fourth-order valence-corrected chi connectivity index (χ4v) is 1.71. The van der Waals surface area contributed by atoms with Gasteiger partial charge in [-0.3, -0.25) is 4.79 Å². The molecule has 0 bridgehead atoms. The maximum atomic E-state index is 12.0. The Balaban J connectivity index is 0.00000200. The summed E-state index contributed by atoms with van der Waals surface area (Å²) in [6.07, 6.45) is 1.63. The summed E-state index contributed by atoms with van der Waals surface area (Å²) < 4.78 is 5.38. The molecule has 0 spiro atoms. The molecule has 2 rings (SSSR count). The number of hydrogen-bond donors (Lipinski definition) is 2. The Morgan fingerprint density at radius 1 is 1.40 bits per heavy atom. The molecular formula is C14H18ClN3O2. The van der Waals surface area contributed by atoms with Gasteiger partial charge in [-0.15, -0.1) is 12.4 Å². The van der Waals surface area contributed by atoms with Gasteiger partial charge in [-0.25, -0.2) is 4.98 Å². The number of oxazole rings is 1. The van der Waals surface area contributed by atoms with Crippen molar-refractivity contribution < 1.29 is 9.21 Å². The van der Waals surface area contributed by atoms with Crippen molar-refractivity contribution in [3.05, 3.63) is 53.2 Å². The largest absolute Gasteiger partial charge is 0.444 e. The number of halogens is 1. The van der Waals surface area contributed by atoms with Gasteiger partial charge in [0.15, 0.2) is 0 Å². The molecule has 108 valence electrons. The average Bonchev–Trinajstić information content (AvgIpc) is 2.85. The normalized spacial score (nSPS) is 11.6. The minimum absolute atomic E-state index is 0. The van der Waals surface area contributed by atoms with Crippen molar-refractivity contribution in [3.8, 4) is 0 Å². The Morgan fingerprint density at radius 2 is 2.05 bits per heavy atom. The number of rotatable bonds is 4. The van der Waals surface area contributed by atoms with Crippen molar-refractivity contribution in [3.63, 3.8) is 0 Å². The molecule has 1 amide bonds. The molecule has 0 fully saturated rings. The second kappa shape index (κ2) is 7.07. The van der Waals surface area contributed by atoms with Crippen LogP contribution < -0.4 is 11.1 Å². The zero-order valence-corrected chi connectivity index (χ0v) is 12.2. The second-order valence-corrected chi connectivity index (χ2v) is 4.41. The van der Waals surface area contributed by atoms with Gasteiger partial charge in [0.1, 0.15) is 11.8 Å². The van der Waals surface area contributed by atoms with Gasteiger partial charge in [0.25, 0.3) is 5.91 Å². The second-order valence-electron chi connectivity index (χ2n) is 4.41. The summed E-state index contributed by atoms with van der Waals surface area (Å²) >= 11 is 0. The molecule has 2 aromatic rings. The molecule has 6 heteroatoms. The summed E-state index contributed by atoms with van der Waals surface area (Å²) in [5.41, 5.74) is 7.10. The number of nitrogens with two attached hydrogens (primary N) is 1. The predicted octanol–water partition coefficient (Wildman–Crippen LogP) is 2.35. The third-order valence-electron chi connectivity index (χ3n) is 2.81. The van der Waals surface area contributed by atoms with Gasteiger partial charge in [0.05, 0.1) is 6.20 Å². The highest BCUT2D eigenvalue weighted by molar-refractivity contribution is 5.94. The smallest absolute Gasteiger partial charge is 0.251 e. The first-order valence-electron chi connectivity index (χ1n) is 6.12. The lowest BCUT2D eigenvalue weighted by Crippen LogP contribution is -2.26. The highest BCUT2D eigenvalue weighted by Gasteiger charge is 2.15. The van der Waals surface area contributed by atoms with Crippen LogP contribution in [-0.4, -0.2) is 10.9 Å². The van der Waals surface area contributed by atoms with Gasteiger partial charge in [-0.1, -0.05) is 12.1 Å². The van der Waals surface area contributed by atoms with Gasteiger partial charge in [0, 0.05) is 12.1 Å². The topological polar surface area (TPSA) is 81.2 Å². The highest BCUT2D eigenvalue weighted by Crippen LogP contribution is 2.13. The molecule has 3 N–H and O–H groups in total. The first kappa shape index (κ1) is 16.2. The fourth-order valence-electron chi connectivity index (χ4n) is 1.71. The number of carbonyl (C=O) groups is 1. The molecule has 1 unspecified atom stereocenters. The molecule has 0 aliphatic carbocycles. The van der Waals surface area contributed by atoms with Crippen LogP contribution in [0.25, 0.3) is 0 Å². The summed E-state index contributed by atoms with van der Waals surface area (Å²) in [7, 11) is 0. The van der Waals surface area contributed by atoms with Crippen molar-refractivity contribution in [2.24, 2.45) is 5.73 Å². The number of carbonyl (C=O) groups excluding carboxylic acids is 1. The van der Waals surface area contributed by atoms with Crippen LogP contribution in [0.2, 0.25) is 0 Å². The number of aromatic nitrogens is 1. The number of nitrogens with zero attached hydrogens (tertiary/aromatic N) is 1. The van der Waals surface area contributed by atoms with E-state index in [-0.39, 0.29) is 24.4 Å². The molecule has 20 heavy (non-hydrogen) atoms. The molecule has 1 atom stereocenters. The number of benzene rings is 1. The van der Waals surface area contributed by atoms with Gasteiger partial charge in [-0.2, -0.15) is 0 Å². The number of hydrogen-bond acceptors (Lipinski definition) is 4. The Morgan fingerprint density at radius 3 is 2.55 bits per heavy atom. The Hall–Kier alpha value is -1.85. The standard InChI is InChI=1S/C14H17N3O2.ClH/c1-9-8-16-14(19-9)10(2)17-13(18)12-5-3-11(7-15)4-6-12;/h3-6,8,10H,7,15H2,1-2H3,(H,17,18);1H. The zero-order chi connectivity index (χ0) is 13.8. The first-order chi connectivity index (χ1) is 9.10. The fraction of sp³-hybridized carbons (Fsp3) is 0.286. The van der Waals surface area contributed by atoms with E-state index in [1.165, 1.54) is 0 Å². The van der Waals surface area contributed by atoms with E-state index in [9.17, 15) is 4.79 Å². The van der Waals surface area contributed by atoms with E-state index < -0.39 is 0 Å². The summed E-state index contributed by atoms with van der Waals surface area (Å²) in [5, 5.41) is 2.84. The zero-order valence-electron chi connectivity index (χ0n) is 11.4. The molecule has 0 aliphatic rings. The molecule has 1 heterocycles. The van der Waals surface area contributed by atoms with Crippen LogP contribution in [0, 0.1) is 6.92 Å². The Bertz CT molecular complexity index is 566. The van der Waals surface area contributed by atoms with Crippen molar-refractivity contribution >= 4 is 18.3 Å². The minimum atomic E-state index is -0.268. The summed E-state index contributed by atoms with van der Waals surface area (Å²) in [6.45, 7) is 4.11. The van der Waals surface area contributed by atoms with Crippen LogP contribution in [0.4, 0.5) is 0 Å². The monoisotopic (exact) mass is 295 g/mol. The molecule has 5 nitrogen and oxygen atoms in total. The minimum Gasteiger partial charge on any atom is -0.444 e. The van der Waals surface area contributed by atoms with E-state index in [2.05, 4.69) is 10.3 Å². The van der Waals surface area contributed by atoms with Crippen LogP contribution in [0.1, 0.15) is 40.5 Å². The summed E-state index contributed by atoms with van der Waals surface area (Å²) in [5.74, 6) is 1.07. The highest BCUT2D eigenvalue weighted by atomic mass is 35.5. The lowest BCUT2D eigenvalue weighted by Gasteiger charge is -2.10. The Labute approximate surface area is 124 Å². The third kappa shape index (κ3) is 3.82. The van der Waals surface area contributed by atoms with Crippen molar-refractivity contribution in [2.45, 2.75) is 26.4 Å². The Kier molecular flexibility index (Phi) is 5.73. The van der Waals surface area contributed by atoms with E-state index in [0.29, 0.717) is 18.0 Å². The van der Waals surface area contributed by atoms with Gasteiger partial charge < -0.3 is 15.5 Å². The maximum Gasteiger partial charge on any atom is 0.251 e. The first-order valence-corrected chi connectivity index (χ1v) is 6.12. The van der Waals surface area contributed by atoms with Crippen LogP contribution in [0.3, 0.4) is 0 Å². The van der Waals surface area contributed by atoms with Gasteiger partial charge >= 0.3 is 0 Å². The van der Waals surface area contributed by atoms with Crippen molar-refractivity contribution in [1.29, 1.82) is 0 Å². The predicted molar refractivity (Wildman–Crippen MR) is 78.7 cm³/mol. The number of aryl methyl sites for hydroxylation is 1. The lowest BCUT2D eigenvalue weighted by atomic mass is 10.1. The lowest BCUT2D eigenvalue weighted by molar-refractivity contribution is 0.0934. The molecule has 0 aliphatic heterocycles. The van der Waals surface area contributed by atoms with Gasteiger partial charge in [0.2, 0.25) is 5.89 Å². The molecule has 0 radical (unpaired) electrons. The maximum absolute atomic E-state index is 12.0. The molecular weight excluding hydrogens is 278 g/mol. The van der Waals surface area contributed by atoms with E-state index >= 15 is 0 Å².